The summed E-state index contributed by atoms with van der Waals surface area (Å²) in [7, 11) is -7.79. The van der Waals surface area contributed by atoms with E-state index in [9.17, 15) is 35.5 Å². The van der Waals surface area contributed by atoms with Gasteiger partial charge in [0.1, 0.15) is 4.75 Å². The molecule has 4 N–H and O–H groups in total. The number of amides is 1. The zero-order valence-corrected chi connectivity index (χ0v) is 24.6. The minimum Gasteiger partial charge on any atom is -0.395 e. The number of nitrogens with zero attached hydrogens (tertiary/aromatic N) is 1. The van der Waals surface area contributed by atoms with Crippen molar-refractivity contribution in [3.05, 3.63) is 59.7 Å². The first kappa shape index (κ1) is 30.9. The number of sulfonamides is 2. The van der Waals surface area contributed by atoms with Crippen molar-refractivity contribution >= 4 is 43.0 Å². The summed E-state index contributed by atoms with van der Waals surface area (Å²) in [6.45, 7) is 4.95. The molecule has 1 heterocycles. The lowest BCUT2D eigenvalue weighted by atomic mass is 10.0. The molecule has 0 spiro atoms. The van der Waals surface area contributed by atoms with Gasteiger partial charge in [-0.05, 0) is 88.4 Å². The molecule has 10 nitrogen and oxygen atoms in total. The van der Waals surface area contributed by atoms with Crippen LogP contribution in [0.1, 0.15) is 56.8 Å². The van der Waals surface area contributed by atoms with Crippen molar-refractivity contribution in [2.75, 3.05) is 34.6 Å². The Kier molecular flexibility index (Phi) is 8.52. The molecule has 41 heavy (non-hydrogen) atoms. The Morgan fingerprint density at radius 1 is 1.00 bits per heavy atom. The average molecular weight is 613 g/mol. The highest BCUT2D eigenvalue weighted by atomic mass is 32.2. The number of aliphatic hydroxyl groups excluding tert-OH is 1. The fraction of sp³-hybridized carbons (Fsp3) is 0.444. The highest BCUT2D eigenvalue weighted by Crippen LogP contribution is 2.44. The van der Waals surface area contributed by atoms with Crippen LogP contribution in [0.5, 0.6) is 0 Å². The first-order chi connectivity index (χ1) is 19.1. The molecule has 1 aliphatic heterocycles. The van der Waals surface area contributed by atoms with Crippen LogP contribution in [0.15, 0.2) is 59.0 Å². The molecule has 1 aliphatic carbocycles. The molecule has 2 aromatic rings. The molecule has 1 saturated carbocycles. The number of benzene rings is 2. The summed E-state index contributed by atoms with van der Waals surface area (Å²) in [6, 6.07) is 10.0. The highest BCUT2D eigenvalue weighted by molar-refractivity contribution is 7.94. The van der Waals surface area contributed by atoms with Gasteiger partial charge in [-0.3, -0.25) is 9.52 Å². The van der Waals surface area contributed by atoms with Crippen LogP contribution >= 0.6 is 0 Å². The van der Waals surface area contributed by atoms with Crippen molar-refractivity contribution < 1.29 is 35.5 Å². The predicted molar refractivity (Wildman–Crippen MR) is 153 cm³/mol. The molecule has 0 aromatic heterocycles. The topological polar surface area (TPSA) is 145 Å². The van der Waals surface area contributed by atoms with Crippen LogP contribution in [-0.2, 0) is 20.0 Å². The number of hydrogen-bond acceptors (Lipinski definition) is 7. The summed E-state index contributed by atoms with van der Waals surface area (Å²) in [6.07, 6.45) is -0.926. The largest absolute Gasteiger partial charge is 0.395 e. The minimum absolute atomic E-state index is 0.0321. The van der Waals surface area contributed by atoms with Crippen molar-refractivity contribution in [2.45, 2.75) is 61.6 Å². The van der Waals surface area contributed by atoms with Gasteiger partial charge < -0.3 is 15.3 Å². The lowest BCUT2D eigenvalue weighted by Gasteiger charge is -2.32. The summed E-state index contributed by atoms with van der Waals surface area (Å²) in [5.74, 6) is -0.597. The lowest BCUT2D eigenvalue weighted by Crippen LogP contribution is -2.40. The van der Waals surface area contributed by atoms with E-state index in [4.69, 9.17) is 0 Å². The smallest absolute Gasteiger partial charge is 0.269 e. The van der Waals surface area contributed by atoms with E-state index in [0.717, 1.165) is 0 Å². The number of nitrogens with one attached hydrogen (secondary N) is 3. The maximum absolute atomic E-state index is 13.4. The number of carbonyl (C=O) groups is 1. The number of piperidine rings is 1. The summed E-state index contributed by atoms with van der Waals surface area (Å²) >= 11 is 0. The van der Waals surface area contributed by atoms with Crippen LogP contribution in [-0.4, -0.2) is 57.8 Å². The molecule has 0 atom stereocenters. The fourth-order valence-electron chi connectivity index (χ4n) is 4.57. The molecule has 0 bridgehead atoms. The van der Waals surface area contributed by atoms with Crippen LogP contribution in [0.3, 0.4) is 0 Å². The second-order valence-corrected chi connectivity index (χ2v) is 15.1. The van der Waals surface area contributed by atoms with Gasteiger partial charge in [-0.25, -0.2) is 21.6 Å². The van der Waals surface area contributed by atoms with Crippen LogP contribution in [0.25, 0.3) is 0 Å². The summed E-state index contributed by atoms with van der Waals surface area (Å²) in [5.41, 5.74) is 0.157. The van der Waals surface area contributed by atoms with E-state index >= 15 is 0 Å². The summed E-state index contributed by atoms with van der Waals surface area (Å²) < 4.78 is 81.4. The van der Waals surface area contributed by atoms with Gasteiger partial charge in [-0.1, -0.05) is 6.07 Å². The molecule has 1 saturated heterocycles. The number of halogens is 2. The molecule has 14 heteroatoms. The van der Waals surface area contributed by atoms with Crippen LogP contribution in [0.2, 0.25) is 0 Å². The Morgan fingerprint density at radius 2 is 1.66 bits per heavy atom. The molecule has 224 valence electrons. The second kappa shape index (κ2) is 11.3. The molecular formula is C27H34F2N4O6S2. The Bertz CT molecular complexity index is 1570. The summed E-state index contributed by atoms with van der Waals surface area (Å²) in [5, 5.41) is 12.3. The molecular weight excluding hydrogens is 578 g/mol. The third kappa shape index (κ3) is 7.05. The van der Waals surface area contributed by atoms with Crippen LogP contribution < -0.4 is 19.7 Å². The van der Waals surface area contributed by atoms with Gasteiger partial charge in [-0.15, -0.1) is 0 Å². The van der Waals surface area contributed by atoms with Crippen molar-refractivity contribution in [1.29, 1.82) is 0 Å². The Balaban J connectivity index is 1.64. The maximum atomic E-state index is 13.4. The normalized spacial score (nSPS) is 17.2. The van der Waals surface area contributed by atoms with Crippen molar-refractivity contribution in [3.63, 3.8) is 0 Å². The van der Waals surface area contributed by atoms with E-state index in [1.165, 1.54) is 42.5 Å². The maximum Gasteiger partial charge on any atom is 0.269 e. The van der Waals surface area contributed by atoms with Gasteiger partial charge in [0.2, 0.25) is 20.0 Å². The first-order valence-electron chi connectivity index (χ1n) is 13.1. The van der Waals surface area contributed by atoms with Gasteiger partial charge >= 0.3 is 0 Å². The number of hydrogen-bond donors (Lipinski definition) is 4. The highest BCUT2D eigenvalue weighted by Gasteiger charge is 2.54. The molecule has 2 aromatic carbocycles. The van der Waals surface area contributed by atoms with Crippen molar-refractivity contribution in [1.82, 2.24) is 4.72 Å². The number of carbonyl (C=O) groups excluding carboxylic acids is 1. The third-order valence-electron chi connectivity index (χ3n) is 6.98. The van der Waals surface area contributed by atoms with E-state index in [0.29, 0.717) is 18.5 Å². The molecule has 2 aliphatic rings. The van der Waals surface area contributed by atoms with E-state index in [1.54, 1.807) is 25.7 Å². The van der Waals surface area contributed by atoms with Crippen LogP contribution in [0.4, 0.5) is 25.8 Å². The van der Waals surface area contributed by atoms with E-state index in [2.05, 4.69) is 14.8 Å². The van der Waals surface area contributed by atoms with Gasteiger partial charge in [0.15, 0.2) is 0 Å². The van der Waals surface area contributed by atoms with Gasteiger partial charge in [-0.2, -0.15) is 8.78 Å². The third-order valence-corrected chi connectivity index (χ3v) is 10.9. The molecule has 0 radical (unpaired) electrons. The Morgan fingerprint density at radius 3 is 2.22 bits per heavy atom. The van der Waals surface area contributed by atoms with Crippen molar-refractivity contribution in [3.8, 4) is 0 Å². The monoisotopic (exact) mass is 612 g/mol. The number of rotatable bonds is 9. The van der Waals surface area contributed by atoms with E-state index in [-0.39, 0.29) is 53.3 Å². The lowest BCUT2D eigenvalue weighted by molar-refractivity contribution is 0.102. The van der Waals surface area contributed by atoms with Gasteiger partial charge in [0.05, 0.1) is 28.4 Å². The molecule has 1 amide bonds. The fourth-order valence-corrected chi connectivity index (χ4v) is 7.50. The Labute approximate surface area is 238 Å². The predicted octanol–water partition coefficient (Wildman–Crippen LogP) is 4.03. The first-order valence-corrected chi connectivity index (χ1v) is 16.0. The minimum atomic E-state index is -3.92. The zero-order valence-electron chi connectivity index (χ0n) is 23.0. The van der Waals surface area contributed by atoms with Gasteiger partial charge in [0.25, 0.3) is 12.0 Å². The van der Waals surface area contributed by atoms with Crippen molar-refractivity contribution in [2.24, 2.45) is 0 Å². The summed E-state index contributed by atoms with van der Waals surface area (Å²) in [4.78, 5) is 15.1. The quantitative estimate of drug-likeness (QED) is 0.335. The SMILES string of the molecule is CC(C)(C)NS(=O)(=O)c1cccc(NC(=O)c2ccc(NS(=O)(=O)C3(CO)CC3)cc2N2CCC(=C(F)F)CC2)c1. The zero-order chi connectivity index (χ0) is 30.2. The van der Waals surface area contributed by atoms with E-state index in [1.807, 2.05) is 0 Å². The standard InChI is InChI=1S/C27H34F2N4O6S2/c1-26(2,3)32-40(36,37)21-6-4-5-19(15-21)30-25(35)22-8-7-20(31-41(38,39)27(17-34)11-12-27)16-23(22)33-13-9-18(10-14-33)24(28)29/h4-8,15-16,31-32,34H,9-14,17H2,1-3H3,(H,30,35). The average Bonchev–Trinajstić information content (AvgIpc) is 3.69. The number of aliphatic hydroxyl groups is 1. The van der Waals surface area contributed by atoms with E-state index < -0.39 is 48.9 Å². The van der Waals surface area contributed by atoms with Crippen LogP contribution in [0, 0.1) is 0 Å². The number of anilines is 3. The molecule has 4 rings (SSSR count). The van der Waals surface area contributed by atoms with Gasteiger partial charge in [0, 0.05) is 24.3 Å². The molecule has 2 fully saturated rings. The second-order valence-electron chi connectivity index (χ2n) is 11.4. The Hall–Kier alpha value is -3.07. The molecule has 0 unspecified atom stereocenters.